The molecule has 2 rings (SSSR count). The van der Waals surface area contributed by atoms with Crippen LogP contribution in [-0.2, 0) is 11.3 Å². The number of benzene rings is 1. The summed E-state index contributed by atoms with van der Waals surface area (Å²) in [7, 11) is 0. The summed E-state index contributed by atoms with van der Waals surface area (Å²) in [4.78, 5) is 32.9. The SMILES string of the molecule is CCNC(=NCc1cccc(C(=O)NC(C)CC)c1)N1CCN(C(=O)OCC)CC1. The van der Waals surface area contributed by atoms with Gasteiger partial charge in [-0.05, 0) is 44.9 Å². The highest BCUT2D eigenvalue weighted by Crippen LogP contribution is 2.09. The minimum atomic E-state index is -0.258. The van der Waals surface area contributed by atoms with Crippen LogP contribution in [0.5, 0.6) is 0 Å². The van der Waals surface area contributed by atoms with E-state index in [0.29, 0.717) is 44.9 Å². The largest absolute Gasteiger partial charge is 0.450 e. The highest BCUT2D eigenvalue weighted by Gasteiger charge is 2.23. The van der Waals surface area contributed by atoms with Crippen molar-refractivity contribution in [3.05, 3.63) is 35.4 Å². The topological polar surface area (TPSA) is 86.3 Å². The molecule has 8 nitrogen and oxygen atoms in total. The highest BCUT2D eigenvalue weighted by atomic mass is 16.6. The van der Waals surface area contributed by atoms with Crippen molar-refractivity contribution in [1.82, 2.24) is 20.4 Å². The summed E-state index contributed by atoms with van der Waals surface area (Å²) in [5.41, 5.74) is 1.63. The second kappa shape index (κ2) is 12.0. The molecule has 166 valence electrons. The summed E-state index contributed by atoms with van der Waals surface area (Å²) in [6.45, 7) is 12.1. The van der Waals surface area contributed by atoms with E-state index in [1.165, 1.54) is 0 Å². The Morgan fingerprint density at radius 2 is 1.83 bits per heavy atom. The second-order valence-electron chi connectivity index (χ2n) is 7.33. The Balaban J connectivity index is 2.00. The zero-order chi connectivity index (χ0) is 21.9. The lowest BCUT2D eigenvalue weighted by Crippen LogP contribution is -2.53. The third-order valence-electron chi connectivity index (χ3n) is 5.03. The van der Waals surface area contributed by atoms with Gasteiger partial charge in [-0.3, -0.25) is 4.79 Å². The Bertz CT molecular complexity index is 729. The Labute approximate surface area is 179 Å². The molecular formula is C22H35N5O3. The first-order valence-corrected chi connectivity index (χ1v) is 10.8. The molecule has 8 heteroatoms. The molecule has 2 N–H and O–H groups in total. The van der Waals surface area contributed by atoms with Crippen LogP contribution in [0.1, 0.15) is 50.0 Å². The molecule has 0 spiro atoms. The van der Waals surface area contributed by atoms with Crippen molar-refractivity contribution in [3.8, 4) is 0 Å². The Kier molecular flexibility index (Phi) is 9.44. The number of nitrogens with zero attached hydrogens (tertiary/aromatic N) is 3. The van der Waals surface area contributed by atoms with Crippen molar-refractivity contribution in [2.24, 2.45) is 4.99 Å². The lowest BCUT2D eigenvalue weighted by atomic mass is 10.1. The van der Waals surface area contributed by atoms with E-state index in [4.69, 9.17) is 9.73 Å². The monoisotopic (exact) mass is 417 g/mol. The van der Waals surface area contributed by atoms with Gasteiger partial charge in [0.15, 0.2) is 5.96 Å². The highest BCUT2D eigenvalue weighted by molar-refractivity contribution is 5.94. The average Bonchev–Trinajstić information content (AvgIpc) is 2.77. The van der Waals surface area contributed by atoms with Gasteiger partial charge in [0.25, 0.3) is 5.91 Å². The van der Waals surface area contributed by atoms with Crippen molar-refractivity contribution in [3.63, 3.8) is 0 Å². The van der Waals surface area contributed by atoms with Crippen LogP contribution in [0.15, 0.2) is 29.3 Å². The van der Waals surface area contributed by atoms with E-state index in [9.17, 15) is 9.59 Å². The maximum Gasteiger partial charge on any atom is 0.409 e. The van der Waals surface area contributed by atoms with E-state index in [2.05, 4.69) is 15.5 Å². The van der Waals surface area contributed by atoms with Gasteiger partial charge in [0.2, 0.25) is 0 Å². The molecule has 1 heterocycles. The van der Waals surface area contributed by atoms with E-state index in [1.54, 1.807) is 4.90 Å². The van der Waals surface area contributed by atoms with Crippen LogP contribution in [0.25, 0.3) is 0 Å². The predicted molar refractivity (Wildman–Crippen MR) is 119 cm³/mol. The molecule has 0 aromatic heterocycles. The smallest absolute Gasteiger partial charge is 0.409 e. The van der Waals surface area contributed by atoms with Crippen molar-refractivity contribution in [2.75, 3.05) is 39.3 Å². The van der Waals surface area contributed by atoms with E-state index in [0.717, 1.165) is 24.5 Å². The molecule has 1 atom stereocenters. The van der Waals surface area contributed by atoms with E-state index >= 15 is 0 Å². The summed E-state index contributed by atoms with van der Waals surface area (Å²) in [5, 5.41) is 6.32. The Hall–Kier alpha value is -2.77. The first-order valence-electron chi connectivity index (χ1n) is 10.8. The number of carbonyl (C=O) groups excluding carboxylic acids is 2. The fraction of sp³-hybridized carbons (Fsp3) is 0.591. The first kappa shape index (κ1) is 23.5. The lowest BCUT2D eigenvalue weighted by molar-refractivity contribution is 0.0912. The number of amides is 2. The van der Waals surface area contributed by atoms with Gasteiger partial charge in [0, 0.05) is 44.3 Å². The van der Waals surface area contributed by atoms with Gasteiger partial charge in [-0.2, -0.15) is 0 Å². The number of hydrogen-bond donors (Lipinski definition) is 2. The number of hydrogen-bond acceptors (Lipinski definition) is 4. The summed E-state index contributed by atoms with van der Waals surface area (Å²) < 4.78 is 5.08. The maximum absolute atomic E-state index is 12.4. The zero-order valence-electron chi connectivity index (χ0n) is 18.6. The number of carbonyl (C=O) groups is 2. The second-order valence-corrected chi connectivity index (χ2v) is 7.33. The Morgan fingerprint density at radius 1 is 1.13 bits per heavy atom. The fourth-order valence-corrected chi connectivity index (χ4v) is 3.13. The van der Waals surface area contributed by atoms with Crippen molar-refractivity contribution >= 4 is 18.0 Å². The van der Waals surface area contributed by atoms with E-state index in [-0.39, 0.29) is 18.0 Å². The van der Waals surface area contributed by atoms with Gasteiger partial charge < -0.3 is 25.2 Å². The van der Waals surface area contributed by atoms with E-state index < -0.39 is 0 Å². The normalized spacial score (nSPS) is 15.5. The average molecular weight is 418 g/mol. The van der Waals surface area contributed by atoms with Gasteiger partial charge in [0.05, 0.1) is 13.2 Å². The molecule has 0 aliphatic carbocycles. The summed E-state index contributed by atoms with van der Waals surface area (Å²) in [5.74, 6) is 0.757. The van der Waals surface area contributed by atoms with Crippen LogP contribution in [0.2, 0.25) is 0 Å². The van der Waals surface area contributed by atoms with Gasteiger partial charge in [0.1, 0.15) is 0 Å². The minimum absolute atomic E-state index is 0.0582. The molecule has 0 saturated carbocycles. The number of guanidine groups is 1. The molecule has 1 aliphatic rings. The number of aliphatic imine (C=N–C) groups is 1. The van der Waals surface area contributed by atoms with Gasteiger partial charge in [-0.25, -0.2) is 9.79 Å². The standard InChI is InChI=1S/C22H35N5O3/c1-5-17(4)25-20(28)19-10-8-9-18(15-19)16-24-21(23-6-2)26-11-13-27(14-12-26)22(29)30-7-3/h8-10,15,17H,5-7,11-14,16H2,1-4H3,(H,23,24)(H,25,28). The Morgan fingerprint density at radius 3 is 2.47 bits per heavy atom. The van der Waals surface area contributed by atoms with Crippen LogP contribution in [0, 0.1) is 0 Å². The number of piperazine rings is 1. The molecule has 0 bridgehead atoms. The number of rotatable bonds is 7. The molecule has 1 saturated heterocycles. The van der Waals surface area contributed by atoms with Crippen LogP contribution in [0.4, 0.5) is 4.79 Å². The molecule has 1 aliphatic heterocycles. The number of ether oxygens (including phenoxy) is 1. The lowest BCUT2D eigenvalue weighted by Gasteiger charge is -2.35. The molecule has 30 heavy (non-hydrogen) atoms. The third-order valence-corrected chi connectivity index (χ3v) is 5.03. The predicted octanol–water partition coefficient (Wildman–Crippen LogP) is 2.45. The zero-order valence-corrected chi connectivity index (χ0v) is 18.6. The van der Waals surface area contributed by atoms with Gasteiger partial charge in [-0.15, -0.1) is 0 Å². The van der Waals surface area contributed by atoms with Crippen LogP contribution < -0.4 is 10.6 Å². The van der Waals surface area contributed by atoms with Gasteiger partial charge >= 0.3 is 6.09 Å². The molecular weight excluding hydrogens is 382 g/mol. The van der Waals surface area contributed by atoms with Crippen LogP contribution in [-0.4, -0.2) is 73.1 Å². The number of nitrogens with one attached hydrogen (secondary N) is 2. The van der Waals surface area contributed by atoms with Crippen LogP contribution in [0.3, 0.4) is 0 Å². The molecule has 2 amide bonds. The van der Waals surface area contributed by atoms with Crippen molar-refractivity contribution in [2.45, 2.75) is 46.7 Å². The molecule has 1 fully saturated rings. The quantitative estimate of drug-likeness (QED) is 0.526. The molecule has 1 aromatic carbocycles. The van der Waals surface area contributed by atoms with Crippen molar-refractivity contribution < 1.29 is 14.3 Å². The fourth-order valence-electron chi connectivity index (χ4n) is 3.13. The molecule has 0 radical (unpaired) electrons. The summed E-state index contributed by atoms with van der Waals surface area (Å²) in [6, 6.07) is 7.73. The minimum Gasteiger partial charge on any atom is -0.450 e. The van der Waals surface area contributed by atoms with Gasteiger partial charge in [-0.1, -0.05) is 19.1 Å². The molecule has 1 unspecified atom stereocenters. The third kappa shape index (κ3) is 6.93. The van der Waals surface area contributed by atoms with E-state index in [1.807, 2.05) is 52.0 Å². The summed E-state index contributed by atoms with van der Waals surface area (Å²) in [6.07, 6.45) is 0.636. The maximum atomic E-state index is 12.4. The first-order chi connectivity index (χ1) is 14.5. The van der Waals surface area contributed by atoms with Crippen molar-refractivity contribution in [1.29, 1.82) is 0 Å². The summed E-state index contributed by atoms with van der Waals surface area (Å²) >= 11 is 0. The van der Waals surface area contributed by atoms with Crippen LogP contribution >= 0.6 is 0 Å². The molecule has 1 aromatic rings.